The Morgan fingerprint density at radius 2 is 0.570 bits per heavy atom. The number of aliphatic hydroxyl groups is 1. The Balaban J connectivity index is 5.53. The Kier molecular flexibility index (Phi) is 67.4. The molecule has 17 nitrogen and oxygen atoms in total. The normalized spacial score (nSPS) is 15.0. The summed E-state index contributed by atoms with van der Waals surface area (Å²) in [6.07, 6.45) is 85.3. The number of allylic oxidation sites excluding steroid dienone is 28. The smallest absolute Gasteiger partial charge is 0.462 e. The van der Waals surface area contributed by atoms with Crippen molar-refractivity contribution in [1.29, 1.82) is 0 Å². The highest BCUT2D eigenvalue weighted by Gasteiger charge is 2.30. The fourth-order valence-corrected chi connectivity index (χ4v) is 10.5. The summed E-state index contributed by atoms with van der Waals surface area (Å²) in [6.45, 7) is 4.20. The third-order valence-electron chi connectivity index (χ3n) is 14.4. The Morgan fingerprint density at radius 3 is 0.940 bits per heavy atom. The van der Waals surface area contributed by atoms with Gasteiger partial charge in [-0.2, -0.15) is 0 Å². The largest absolute Gasteiger partial charge is 0.472 e. The van der Waals surface area contributed by atoms with Crippen LogP contribution in [0.2, 0.25) is 0 Å². The lowest BCUT2D eigenvalue weighted by atomic mass is 10.1. The first-order chi connectivity index (χ1) is 48.7. The van der Waals surface area contributed by atoms with Crippen molar-refractivity contribution >= 4 is 39.5 Å². The minimum atomic E-state index is -5.03. The number of hydrogen-bond acceptors (Lipinski definition) is 15. The molecule has 0 saturated heterocycles. The molecule has 3 N–H and O–H groups in total. The van der Waals surface area contributed by atoms with Crippen LogP contribution in [0.25, 0.3) is 0 Å². The summed E-state index contributed by atoms with van der Waals surface area (Å²) in [4.78, 5) is 72.7. The van der Waals surface area contributed by atoms with Crippen LogP contribution in [0.5, 0.6) is 0 Å². The number of unbranched alkanes of at least 4 members (excludes halogenated alkanes) is 13. The number of aliphatic hydroxyl groups excluding tert-OH is 1. The summed E-state index contributed by atoms with van der Waals surface area (Å²) in [7, 11) is -10.0. The molecule has 0 radical (unpaired) electrons. The number of carbonyl (C=O) groups is 4. The zero-order valence-corrected chi connectivity index (χ0v) is 63.1. The molecule has 0 aliphatic rings. The van der Waals surface area contributed by atoms with Crippen molar-refractivity contribution in [2.75, 3.05) is 39.6 Å². The molecule has 0 rings (SSSR count). The lowest BCUT2D eigenvalue weighted by molar-refractivity contribution is -0.161. The zero-order valence-electron chi connectivity index (χ0n) is 61.3. The second-order valence-electron chi connectivity index (χ2n) is 23.8. The minimum absolute atomic E-state index is 0.0679. The molecule has 0 aliphatic heterocycles. The molecule has 0 amide bonds. The monoisotopic (exact) mass is 1430 g/mol. The minimum Gasteiger partial charge on any atom is -0.462 e. The van der Waals surface area contributed by atoms with Crippen LogP contribution in [0.1, 0.15) is 246 Å². The molecule has 0 bridgehead atoms. The molecular formula is C81H128O17P2. The number of ether oxygens (including phenoxy) is 4. The maximum Gasteiger partial charge on any atom is 0.472 e. The summed E-state index contributed by atoms with van der Waals surface area (Å²) in [5, 5.41) is 10.6. The van der Waals surface area contributed by atoms with Crippen molar-refractivity contribution in [3.8, 4) is 0 Å². The van der Waals surface area contributed by atoms with Crippen molar-refractivity contribution in [3.63, 3.8) is 0 Å². The molecule has 0 saturated carbocycles. The van der Waals surface area contributed by atoms with E-state index in [1.807, 2.05) is 24.3 Å². The van der Waals surface area contributed by atoms with Gasteiger partial charge in [-0.05, 0) is 141 Å². The van der Waals surface area contributed by atoms with E-state index in [0.717, 1.165) is 141 Å². The number of phosphoric acid groups is 2. The van der Waals surface area contributed by atoms with Gasteiger partial charge in [0, 0.05) is 12.8 Å². The van der Waals surface area contributed by atoms with Gasteiger partial charge in [0.1, 0.15) is 19.3 Å². The third-order valence-corrected chi connectivity index (χ3v) is 16.3. The van der Waals surface area contributed by atoms with Gasteiger partial charge < -0.3 is 33.8 Å². The Labute approximate surface area is 603 Å². The molecule has 0 aromatic rings. The van der Waals surface area contributed by atoms with Gasteiger partial charge in [-0.25, -0.2) is 9.13 Å². The summed E-state index contributed by atoms with van der Waals surface area (Å²) >= 11 is 0. The SMILES string of the molecule is CC/C=C\C/C=C\C/C=C\C/C=C\C/C=C\CC(=O)OCC(COP(=O)(O)OCC(O)COP(=O)(O)OCC(COC(=O)CCCCCC/C=C\C/C=C\C/C=C\C/C=C\CC)OC(=O)CCCCCCC/C=C\CCCCCC)OC(=O)C/C=C\C/C=C\C/C=C\C/C=C\C/C=C\CC. The molecule has 0 heterocycles. The van der Waals surface area contributed by atoms with E-state index in [4.69, 9.17) is 37.0 Å². The van der Waals surface area contributed by atoms with Crippen molar-refractivity contribution in [3.05, 3.63) is 182 Å². The molecule has 0 aromatic heterocycles. The highest BCUT2D eigenvalue weighted by molar-refractivity contribution is 7.47. The highest BCUT2D eigenvalue weighted by atomic mass is 31.2. The Hall–Kier alpha value is -5.84. The van der Waals surface area contributed by atoms with Gasteiger partial charge in [0.05, 0.1) is 39.3 Å². The van der Waals surface area contributed by atoms with E-state index in [9.17, 15) is 43.2 Å². The van der Waals surface area contributed by atoms with E-state index in [0.29, 0.717) is 25.7 Å². The van der Waals surface area contributed by atoms with E-state index >= 15 is 0 Å². The number of esters is 4. The summed E-state index contributed by atoms with van der Waals surface area (Å²) < 4.78 is 68.1. The number of carbonyl (C=O) groups excluding carboxylic acids is 4. The van der Waals surface area contributed by atoms with Gasteiger partial charge in [-0.15, -0.1) is 0 Å². The van der Waals surface area contributed by atoms with Gasteiger partial charge in [0.25, 0.3) is 0 Å². The van der Waals surface area contributed by atoms with Crippen LogP contribution < -0.4 is 0 Å². The quantitative estimate of drug-likeness (QED) is 0.0169. The first-order valence-corrected chi connectivity index (χ1v) is 40.0. The molecule has 19 heteroatoms. The fourth-order valence-electron chi connectivity index (χ4n) is 8.88. The maximum atomic E-state index is 13.1. The summed E-state index contributed by atoms with van der Waals surface area (Å²) in [5.41, 5.74) is 0. The Bertz CT molecular complexity index is 2620. The summed E-state index contributed by atoms with van der Waals surface area (Å²) in [6, 6.07) is 0. The molecule has 0 spiro atoms. The van der Waals surface area contributed by atoms with Crippen LogP contribution in [0.15, 0.2) is 182 Å². The molecule has 100 heavy (non-hydrogen) atoms. The van der Waals surface area contributed by atoms with Crippen LogP contribution >= 0.6 is 15.6 Å². The van der Waals surface area contributed by atoms with Crippen LogP contribution in [0.4, 0.5) is 0 Å². The lowest BCUT2D eigenvalue weighted by Crippen LogP contribution is -2.30. The van der Waals surface area contributed by atoms with Gasteiger partial charge in [-0.3, -0.25) is 37.3 Å². The predicted octanol–water partition coefficient (Wildman–Crippen LogP) is 21.2. The number of rotatable bonds is 67. The van der Waals surface area contributed by atoms with Gasteiger partial charge >= 0.3 is 39.5 Å². The first-order valence-electron chi connectivity index (χ1n) is 37.0. The number of hydrogen-bond donors (Lipinski definition) is 3. The van der Waals surface area contributed by atoms with Crippen LogP contribution in [-0.4, -0.2) is 96.7 Å². The molecule has 0 fully saturated rings. The first kappa shape index (κ1) is 94.2. The van der Waals surface area contributed by atoms with Crippen molar-refractivity contribution < 1.29 is 80.2 Å². The lowest BCUT2D eigenvalue weighted by Gasteiger charge is -2.21. The molecular weight excluding hydrogens is 1310 g/mol. The van der Waals surface area contributed by atoms with Crippen LogP contribution in [0.3, 0.4) is 0 Å². The van der Waals surface area contributed by atoms with E-state index in [2.05, 4.69) is 161 Å². The topological polar surface area (TPSA) is 237 Å². The predicted molar refractivity (Wildman–Crippen MR) is 408 cm³/mol. The molecule has 0 aliphatic carbocycles. The second-order valence-corrected chi connectivity index (χ2v) is 26.7. The number of phosphoric ester groups is 2. The van der Waals surface area contributed by atoms with Crippen molar-refractivity contribution in [2.24, 2.45) is 0 Å². The summed E-state index contributed by atoms with van der Waals surface area (Å²) in [5.74, 6) is -2.53. The van der Waals surface area contributed by atoms with E-state index < -0.39 is 97.5 Å². The van der Waals surface area contributed by atoms with Gasteiger partial charge in [-0.1, -0.05) is 261 Å². The second kappa shape index (κ2) is 71.6. The highest BCUT2D eigenvalue weighted by Crippen LogP contribution is 2.45. The van der Waals surface area contributed by atoms with E-state index in [1.54, 1.807) is 24.3 Å². The average molecular weight is 1440 g/mol. The average Bonchev–Trinajstić information content (AvgIpc) is 0.988. The van der Waals surface area contributed by atoms with E-state index in [1.165, 1.54) is 25.7 Å². The molecule has 5 atom stereocenters. The molecule has 0 aromatic carbocycles. The zero-order chi connectivity index (χ0) is 73.2. The van der Waals surface area contributed by atoms with Gasteiger partial charge in [0.2, 0.25) is 0 Å². The molecule has 564 valence electrons. The van der Waals surface area contributed by atoms with Crippen molar-refractivity contribution in [1.82, 2.24) is 0 Å². The maximum absolute atomic E-state index is 13.1. The Morgan fingerprint density at radius 1 is 0.300 bits per heavy atom. The van der Waals surface area contributed by atoms with E-state index in [-0.39, 0.29) is 25.7 Å². The van der Waals surface area contributed by atoms with Crippen LogP contribution in [-0.2, 0) is 65.4 Å². The standard InChI is InChI=1S/C81H128O17P2/c1-5-9-13-17-21-25-29-33-36-37-40-43-46-50-54-58-62-66-79(84)92-71-76(97-80(85)67-63-59-55-51-47-41-32-28-24-20-16-12-8-4)73-95-99(87,88)93-69-75(82)70-94-100(89,90)96-74-77(98-81(86)68-64-60-56-52-48-44-39-35-31-27-23-19-15-11-7-3)72-91-78(83)65-61-57-53-49-45-42-38-34-30-26-22-18-14-10-6-2/h9-11,13-15,21-23,25-28,32-36,38-40,43,45,48-49,52,57,60-61,64,75-77,82H,5-8,12,16-20,24,29-31,37,41-42,44,46-47,50-51,53-56,58-59,62-63,65-74H2,1-4H3,(H,87,88)(H,89,90)/b13-9-,14-10-,15-11-,25-21-,26-22-,27-23-,32-28-,36-33-,38-34-,39-35-,43-40-,49-45-,52-48-,61-57-,64-60-. The van der Waals surface area contributed by atoms with Crippen molar-refractivity contribution in [2.45, 2.75) is 264 Å². The fraction of sp³-hybridized carbons (Fsp3) is 0.580. The van der Waals surface area contributed by atoms with Crippen LogP contribution in [0, 0.1) is 0 Å². The third kappa shape index (κ3) is 70.6. The molecule has 5 unspecified atom stereocenters. The van der Waals surface area contributed by atoms with Gasteiger partial charge in [0.15, 0.2) is 12.2 Å².